The SMILES string of the molecule is Cn1ccc2ccc(C(=O)CCl)cc21. The van der Waals surface area contributed by atoms with Crippen LogP contribution in [0.2, 0.25) is 0 Å². The number of carbonyl (C=O) groups excluding carboxylic acids is 1. The van der Waals surface area contributed by atoms with E-state index in [1.807, 2.05) is 42.1 Å². The number of aromatic nitrogens is 1. The quantitative estimate of drug-likeness (QED) is 0.548. The van der Waals surface area contributed by atoms with E-state index in [2.05, 4.69) is 0 Å². The van der Waals surface area contributed by atoms with Gasteiger partial charge in [-0.2, -0.15) is 0 Å². The highest BCUT2D eigenvalue weighted by Crippen LogP contribution is 2.17. The van der Waals surface area contributed by atoms with Crippen molar-refractivity contribution >= 4 is 28.3 Å². The van der Waals surface area contributed by atoms with E-state index < -0.39 is 0 Å². The number of fused-ring (bicyclic) bond motifs is 1. The Morgan fingerprint density at radius 3 is 2.93 bits per heavy atom. The number of nitrogens with zero attached hydrogens (tertiary/aromatic N) is 1. The van der Waals surface area contributed by atoms with Gasteiger partial charge in [-0.25, -0.2) is 0 Å². The fourth-order valence-electron chi connectivity index (χ4n) is 1.51. The molecule has 0 fully saturated rings. The lowest BCUT2D eigenvalue weighted by atomic mass is 10.1. The summed E-state index contributed by atoms with van der Waals surface area (Å²) in [7, 11) is 1.96. The molecule has 72 valence electrons. The van der Waals surface area contributed by atoms with Crippen LogP contribution in [0.1, 0.15) is 10.4 Å². The van der Waals surface area contributed by atoms with Crippen LogP contribution in [0.25, 0.3) is 10.9 Å². The Morgan fingerprint density at radius 2 is 2.21 bits per heavy atom. The van der Waals surface area contributed by atoms with E-state index in [0.29, 0.717) is 5.56 Å². The maximum Gasteiger partial charge on any atom is 0.177 e. The smallest absolute Gasteiger partial charge is 0.177 e. The molecule has 2 rings (SSSR count). The predicted octanol–water partition coefficient (Wildman–Crippen LogP) is 2.60. The zero-order valence-corrected chi connectivity index (χ0v) is 8.58. The highest BCUT2D eigenvalue weighted by atomic mass is 35.5. The third kappa shape index (κ3) is 1.42. The zero-order valence-electron chi connectivity index (χ0n) is 7.83. The second kappa shape index (κ2) is 3.46. The van der Waals surface area contributed by atoms with E-state index in [1.54, 1.807) is 0 Å². The van der Waals surface area contributed by atoms with Crippen molar-refractivity contribution in [1.82, 2.24) is 4.57 Å². The van der Waals surface area contributed by atoms with E-state index >= 15 is 0 Å². The van der Waals surface area contributed by atoms with Gasteiger partial charge in [0.1, 0.15) is 0 Å². The topological polar surface area (TPSA) is 22.0 Å². The second-order valence-corrected chi connectivity index (χ2v) is 3.52. The summed E-state index contributed by atoms with van der Waals surface area (Å²) in [5.41, 5.74) is 1.73. The second-order valence-electron chi connectivity index (χ2n) is 3.26. The number of aryl methyl sites for hydroxylation is 1. The fourth-order valence-corrected chi connectivity index (χ4v) is 1.67. The van der Waals surface area contributed by atoms with Crippen LogP contribution < -0.4 is 0 Å². The standard InChI is InChI=1S/C11H10ClNO/c1-13-5-4-8-2-3-9(6-10(8)13)11(14)7-12/h2-6H,7H2,1H3. The lowest BCUT2D eigenvalue weighted by molar-refractivity contribution is 0.102. The summed E-state index contributed by atoms with van der Waals surface area (Å²) in [5, 5.41) is 1.14. The molecule has 3 heteroatoms. The van der Waals surface area contributed by atoms with Gasteiger partial charge >= 0.3 is 0 Å². The van der Waals surface area contributed by atoms with Gasteiger partial charge in [0.15, 0.2) is 5.78 Å². The molecular weight excluding hydrogens is 198 g/mol. The van der Waals surface area contributed by atoms with E-state index in [1.165, 1.54) is 0 Å². The normalized spacial score (nSPS) is 10.7. The van der Waals surface area contributed by atoms with Crippen LogP contribution in [-0.2, 0) is 7.05 Å². The number of halogens is 1. The van der Waals surface area contributed by atoms with Crippen LogP contribution >= 0.6 is 11.6 Å². The molecule has 1 aromatic carbocycles. The predicted molar refractivity (Wildman–Crippen MR) is 58.0 cm³/mol. The Kier molecular flexibility index (Phi) is 2.30. The summed E-state index contributed by atoms with van der Waals surface area (Å²) in [4.78, 5) is 11.3. The number of carbonyl (C=O) groups is 1. The molecule has 2 nitrogen and oxygen atoms in total. The van der Waals surface area contributed by atoms with Gasteiger partial charge in [0.25, 0.3) is 0 Å². The van der Waals surface area contributed by atoms with Crippen molar-refractivity contribution in [2.45, 2.75) is 0 Å². The van der Waals surface area contributed by atoms with E-state index in [0.717, 1.165) is 10.9 Å². The molecule has 1 heterocycles. The fraction of sp³-hybridized carbons (Fsp3) is 0.182. The van der Waals surface area contributed by atoms with Gasteiger partial charge in [0.05, 0.1) is 5.88 Å². The first-order valence-electron chi connectivity index (χ1n) is 4.36. The number of benzene rings is 1. The van der Waals surface area contributed by atoms with Crippen molar-refractivity contribution in [2.75, 3.05) is 5.88 Å². The summed E-state index contributed by atoms with van der Waals surface area (Å²) < 4.78 is 1.99. The first-order valence-corrected chi connectivity index (χ1v) is 4.90. The molecular formula is C11H10ClNO. The first kappa shape index (κ1) is 9.28. The Hall–Kier alpha value is -1.28. The maximum absolute atomic E-state index is 11.3. The van der Waals surface area contributed by atoms with Gasteiger partial charge < -0.3 is 4.57 Å². The lowest BCUT2D eigenvalue weighted by Crippen LogP contribution is -2.00. The van der Waals surface area contributed by atoms with Crippen LogP contribution in [-0.4, -0.2) is 16.2 Å². The monoisotopic (exact) mass is 207 g/mol. The van der Waals surface area contributed by atoms with E-state index in [-0.39, 0.29) is 11.7 Å². The van der Waals surface area contributed by atoms with Crippen molar-refractivity contribution < 1.29 is 4.79 Å². The molecule has 0 saturated heterocycles. The Balaban J connectivity index is 2.60. The molecule has 0 atom stereocenters. The summed E-state index contributed by atoms with van der Waals surface area (Å²) in [6.45, 7) is 0. The number of rotatable bonds is 2. The summed E-state index contributed by atoms with van der Waals surface area (Å²) >= 11 is 5.50. The molecule has 0 bridgehead atoms. The number of ketones is 1. The summed E-state index contributed by atoms with van der Waals surface area (Å²) in [6.07, 6.45) is 1.97. The zero-order chi connectivity index (χ0) is 10.1. The molecule has 0 aliphatic rings. The Labute approximate surface area is 87.1 Å². The van der Waals surface area contributed by atoms with Crippen LogP contribution in [0.15, 0.2) is 30.5 Å². The average Bonchev–Trinajstić information content (AvgIpc) is 2.59. The maximum atomic E-state index is 11.3. The molecule has 0 amide bonds. The van der Waals surface area contributed by atoms with E-state index in [9.17, 15) is 4.79 Å². The molecule has 1 aromatic heterocycles. The van der Waals surface area contributed by atoms with Gasteiger partial charge in [-0.15, -0.1) is 11.6 Å². The van der Waals surface area contributed by atoms with Crippen LogP contribution in [0.3, 0.4) is 0 Å². The molecule has 0 spiro atoms. The number of hydrogen-bond acceptors (Lipinski definition) is 1. The Morgan fingerprint density at radius 1 is 1.43 bits per heavy atom. The average molecular weight is 208 g/mol. The van der Waals surface area contributed by atoms with Crippen LogP contribution in [0.5, 0.6) is 0 Å². The van der Waals surface area contributed by atoms with Gasteiger partial charge in [-0.05, 0) is 17.5 Å². The molecule has 0 N–H and O–H groups in total. The lowest BCUT2D eigenvalue weighted by Gasteiger charge is -1.99. The highest BCUT2D eigenvalue weighted by Gasteiger charge is 2.05. The molecule has 0 radical (unpaired) electrons. The molecule has 0 aliphatic carbocycles. The third-order valence-corrected chi connectivity index (χ3v) is 2.57. The van der Waals surface area contributed by atoms with E-state index in [4.69, 9.17) is 11.6 Å². The molecule has 0 saturated carbocycles. The third-order valence-electron chi connectivity index (χ3n) is 2.33. The van der Waals surface area contributed by atoms with Crippen molar-refractivity contribution in [2.24, 2.45) is 7.05 Å². The van der Waals surface area contributed by atoms with Gasteiger partial charge in [0.2, 0.25) is 0 Å². The first-order chi connectivity index (χ1) is 6.72. The molecule has 2 aromatic rings. The van der Waals surface area contributed by atoms with Crippen molar-refractivity contribution in [3.05, 3.63) is 36.0 Å². The van der Waals surface area contributed by atoms with Gasteiger partial charge in [-0.1, -0.05) is 12.1 Å². The number of hydrogen-bond donors (Lipinski definition) is 0. The van der Waals surface area contributed by atoms with Crippen LogP contribution in [0.4, 0.5) is 0 Å². The van der Waals surface area contributed by atoms with Gasteiger partial charge in [0, 0.05) is 24.3 Å². The highest BCUT2D eigenvalue weighted by molar-refractivity contribution is 6.30. The Bertz CT molecular complexity index is 487. The molecule has 0 unspecified atom stereocenters. The molecule has 0 aliphatic heterocycles. The number of alkyl halides is 1. The summed E-state index contributed by atoms with van der Waals surface area (Å²) in [5.74, 6) is 0.00501. The van der Waals surface area contributed by atoms with Crippen molar-refractivity contribution in [3.8, 4) is 0 Å². The van der Waals surface area contributed by atoms with Crippen molar-refractivity contribution in [1.29, 1.82) is 0 Å². The van der Waals surface area contributed by atoms with Gasteiger partial charge in [-0.3, -0.25) is 4.79 Å². The minimum atomic E-state index is -0.0326. The molecule has 14 heavy (non-hydrogen) atoms. The number of Topliss-reactive ketones (excluding diaryl/α,β-unsaturated/α-hetero) is 1. The minimum Gasteiger partial charge on any atom is -0.351 e. The minimum absolute atomic E-state index is 0.0326. The largest absolute Gasteiger partial charge is 0.351 e. The van der Waals surface area contributed by atoms with Crippen molar-refractivity contribution in [3.63, 3.8) is 0 Å². The summed E-state index contributed by atoms with van der Waals surface area (Å²) in [6, 6.07) is 7.65. The van der Waals surface area contributed by atoms with Crippen LogP contribution in [0, 0.1) is 0 Å².